The van der Waals surface area contributed by atoms with E-state index in [9.17, 15) is 35.1 Å². The lowest BCUT2D eigenvalue weighted by atomic mass is 9.99. The summed E-state index contributed by atoms with van der Waals surface area (Å²) in [6.45, 7) is 4.10. The first kappa shape index (κ1) is 72.4. The van der Waals surface area contributed by atoms with Gasteiger partial charge in [0.2, 0.25) is 5.91 Å². The summed E-state index contributed by atoms with van der Waals surface area (Å²) >= 11 is 0. The highest BCUT2D eigenvalue weighted by Gasteiger charge is 2.44. The van der Waals surface area contributed by atoms with Crippen LogP contribution in [0.1, 0.15) is 284 Å². The number of aliphatic hydroxyl groups excluding tert-OH is 5. The van der Waals surface area contributed by atoms with Crippen molar-refractivity contribution in [1.29, 1.82) is 0 Å². The molecule has 0 aromatic rings. The number of carbonyl (C=O) groups excluding carboxylic acids is 2. The number of hydrogen-bond donors (Lipinski definition) is 6. The number of carbonyl (C=O) groups is 2. The zero-order valence-electron chi connectivity index (χ0n) is 49.4. The standard InChI is InChI=1S/C66H119NO10/c1-3-5-7-9-11-13-15-16-17-18-25-28-31-34-38-42-46-50-54-62(71)75-55-51-47-43-39-35-32-29-26-23-21-19-20-22-24-27-30-33-37-41-45-49-53-61(70)67-58(57-76-66-65(74)64(73)63(72)60(56-68)77-66)59(69)52-48-44-40-36-14-12-10-8-6-4-2/h6,8,14,32,35-36,43,47-48,52,58-60,63-66,68-69,72-74H,3-5,7,9-13,15-31,33-34,37-42,44-46,49-51,53-57H2,1-2H3,(H,67,70)/b8-6+,35-32-,36-14+,47-43-,52-48+. The minimum atomic E-state index is -1.58. The van der Waals surface area contributed by atoms with Gasteiger partial charge in [0.15, 0.2) is 6.29 Å². The molecular weight excluding hydrogens is 967 g/mol. The Morgan fingerprint density at radius 3 is 1.42 bits per heavy atom. The summed E-state index contributed by atoms with van der Waals surface area (Å²) in [5.74, 6) is -0.249. The maximum absolute atomic E-state index is 13.0. The van der Waals surface area contributed by atoms with Gasteiger partial charge in [-0.05, 0) is 70.6 Å². The van der Waals surface area contributed by atoms with Crippen LogP contribution in [0, 0.1) is 0 Å². The van der Waals surface area contributed by atoms with E-state index in [1.165, 1.54) is 167 Å². The largest absolute Gasteiger partial charge is 0.465 e. The average Bonchev–Trinajstić information content (AvgIpc) is 3.43. The maximum atomic E-state index is 13.0. The molecule has 7 unspecified atom stereocenters. The van der Waals surface area contributed by atoms with Crippen LogP contribution in [-0.4, -0.2) is 100 Å². The highest BCUT2D eigenvalue weighted by molar-refractivity contribution is 5.76. The number of hydrogen-bond acceptors (Lipinski definition) is 10. The van der Waals surface area contributed by atoms with Crippen molar-refractivity contribution in [1.82, 2.24) is 5.32 Å². The highest BCUT2D eigenvalue weighted by atomic mass is 16.7. The minimum absolute atomic E-state index is 0.0454. The minimum Gasteiger partial charge on any atom is -0.465 e. The summed E-state index contributed by atoms with van der Waals surface area (Å²) in [4.78, 5) is 25.1. The topological polar surface area (TPSA) is 175 Å². The number of ether oxygens (including phenoxy) is 3. The number of rotatable bonds is 55. The molecule has 0 spiro atoms. The van der Waals surface area contributed by atoms with Crippen molar-refractivity contribution >= 4 is 11.9 Å². The van der Waals surface area contributed by atoms with Crippen LogP contribution in [-0.2, 0) is 23.8 Å². The SMILES string of the molecule is CC/C=C/CC/C=C/CC/C=C/C(O)C(COC1OC(CO)C(O)C(O)C1O)NC(=O)CCCCCCCCCCCCCCCC/C=C\C/C=C\CCOC(=O)CCCCCCCCCCCCCCCCCCCC. The van der Waals surface area contributed by atoms with Crippen LogP contribution in [0.15, 0.2) is 60.8 Å². The van der Waals surface area contributed by atoms with E-state index in [0.717, 1.165) is 89.9 Å². The Labute approximate surface area is 471 Å². The van der Waals surface area contributed by atoms with Crippen LogP contribution in [0.5, 0.6) is 0 Å². The maximum Gasteiger partial charge on any atom is 0.305 e. The van der Waals surface area contributed by atoms with Gasteiger partial charge in [0.1, 0.15) is 24.4 Å². The first-order chi connectivity index (χ1) is 37.7. The fourth-order valence-corrected chi connectivity index (χ4v) is 9.84. The lowest BCUT2D eigenvalue weighted by Gasteiger charge is -2.40. The molecule has 0 bridgehead atoms. The molecule has 1 aliphatic heterocycles. The van der Waals surface area contributed by atoms with Crippen LogP contribution < -0.4 is 5.32 Å². The first-order valence-electron chi connectivity index (χ1n) is 32.1. The smallest absolute Gasteiger partial charge is 0.305 e. The number of esters is 1. The van der Waals surface area contributed by atoms with Gasteiger partial charge in [-0.25, -0.2) is 0 Å². The molecule has 0 aromatic heterocycles. The number of nitrogens with one attached hydrogen (secondary N) is 1. The predicted octanol–water partition coefficient (Wildman–Crippen LogP) is 15.4. The summed E-state index contributed by atoms with van der Waals surface area (Å²) < 4.78 is 16.6. The molecule has 1 saturated heterocycles. The van der Waals surface area contributed by atoms with Crippen molar-refractivity contribution in [3.8, 4) is 0 Å². The summed E-state index contributed by atoms with van der Waals surface area (Å²) in [5, 5.41) is 54.2. The van der Waals surface area contributed by atoms with Crippen LogP contribution >= 0.6 is 0 Å². The molecule has 448 valence electrons. The number of aliphatic hydroxyl groups is 5. The molecule has 0 saturated carbocycles. The van der Waals surface area contributed by atoms with Crippen LogP contribution in [0.25, 0.3) is 0 Å². The fourth-order valence-electron chi connectivity index (χ4n) is 9.84. The van der Waals surface area contributed by atoms with E-state index < -0.39 is 49.5 Å². The summed E-state index contributed by atoms with van der Waals surface area (Å²) in [7, 11) is 0. The van der Waals surface area contributed by atoms with Crippen LogP contribution in [0.3, 0.4) is 0 Å². The molecule has 7 atom stereocenters. The molecule has 1 fully saturated rings. The summed E-state index contributed by atoms with van der Waals surface area (Å²) in [6, 6.07) is -0.839. The lowest BCUT2D eigenvalue weighted by molar-refractivity contribution is -0.302. The van der Waals surface area contributed by atoms with E-state index in [1.54, 1.807) is 6.08 Å². The first-order valence-corrected chi connectivity index (χ1v) is 32.1. The Balaban J connectivity index is 2.01. The van der Waals surface area contributed by atoms with E-state index in [0.29, 0.717) is 19.4 Å². The van der Waals surface area contributed by atoms with E-state index in [4.69, 9.17) is 14.2 Å². The lowest BCUT2D eigenvalue weighted by Crippen LogP contribution is -2.60. The van der Waals surface area contributed by atoms with E-state index in [1.807, 2.05) is 6.08 Å². The normalized spacial score (nSPS) is 19.0. The molecule has 0 aromatic carbocycles. The summed E-state index contributed by atoms with van der Waals surface area (Å²) in [6.07, 6.45) is 62.2. The van der Waals surface area contributed by atoms with Crippen molar-refractivity contribution < 1.29 is 49.3 Å². The summed E-state index contributed by atoms with van der Waals surface area (Å²) in [5.41, 5.74) is 0. The molecule has 0 radical (unpaired) electrons. The Kier molecular flexibility index (Phi) is 52.0. The molecule has 1 rings (SSSR count). The van der Waals surface area contributed by atoms with Crippen molar-refractivity contribution in [2.24, 2.45) is 0 Å². The van der Waals surface area contributed by atoms with Crippen molar-refractivity contribution in [3.05, 3.63) is 60.8 Å². The van der Waals surface area contributed by atoms with Gasteiger partial charge in [-0.15, -0.1) is 0 Å². The van der Waals surface area contributed by atoms with Crippen molar-refractivity contribution in [2.75, 3.05) is 19.8 Å². The van der Waals surface area contributed by atoms with Gasteiger partial charge in [-0.1, -0.05) is 261 Å². The monoisotopic (exact) mass is 1090 g/mol. The third-order valence-electron chi connectivity index (χ3n) is 14.9. The fraction of sp³-hybridized carbons (Fsp3) is 0.818. The molecule has 1 amide bonds. The number of unbranched alkanes of at least 4 members (excludes halogenated alkanes) is 33. The molecule has 11 nitrogen and oxygen atoms in total. The molecule has 1 heterocycles. The van der Waals surface area contributed by atoms with Crippen molar-refractivity contribution in [2.45, 2.75) is 326 Å². The van der Waals surface area contributed by atoms with E-state index in [-0.39, 0.29) is 18.5 Å². The second kappa shape index (κ2) is 55.3. The molecule has 1 aliphatic rings. The van der Waals surface area contributed by atoms with Gasteiger partial charge < -0.3 is 45.1 Å². The highest BCUT2D eigenvalue weighted by Crippen LogP contribution is 2.23. The van der Waals surface area contributed by atoms with Crippen molar-refractivity contribution in [3.63, 3.8) is 0 Å². The molecule has 11 heteroatoms. The van der Waals surface area contributed by atoms with E-state index >= 15 is 0 Å². The Bertz CT molecular complexity index is 1460. The van der Waals surface area contributed by atoms with Gasteiger partial charge in [-0.2, -0.15) is 0 Å². The van der Waals surface area contributed by atoms with Gasteiger partial charge in [0, 0.05) is 12.8 Å². The van der Waals surface area contributed by atoms with Crippen LogP contribution in [0.2, 0.25) is 0 Å². The Hall–Kier alpha value is -2.64. The predicted molar refractivity (Wildman–Crippen MR) is 320 cm³/mol. The number of allylic oxidation sites excluding steroid dienone is 8. The molecule has 6 N–H and O–H groups in total. The van der Waals surface area contributed by atoms with E-state index in [2.05, 4.69) is 67.8 Å². The van der Waals surface area contributed by atoms with Gasteiger partial charge >= 0.3 is 5.97 Å². The van der Waals surface area contributed by atoms with Crippen LogP contribution in [0.4, 0.5) is 0 Å². The quantitative estimate of drug-likeness (QED) is 0.0195. The average molecular weight is 1090 g/mol. The number of amides is 1. The molecule has 0 aliphatic carbocycles. The van der Waals surface area contributed by atoms with Gasteiger partial charge in [0.25, 0.3) is 0 Å². The molecular formula is C66H119NO10. The van der Waals surface area contributed by atoms with Gasteiger partial charge in [0.05, 0.1) is 32.0 Å². The Morgan fingerprint density at radius 2 is 0.922 bits per heavy atom. The molecule has 77 heavy (non-hydrogen) atoms. The Morgan fingerprint density at radius 1 is 0.494 bits per heavy atom. The zero-order chi connectivity index (χ0) is 55.9. The second-order valence-corrected chi connectivity index (χ2v) is 22.1. The van der Waals surface area contributed by atoms with Gasteiger partial charge in [-0.3, -0.25) is 9.59 Å². The zero-order valence-corrected chi connectivity index (χ0v) is 49.4. The third kappa shape index (κ3) is 44.8. The third-order valence-corrected chi connectivity index (χ3v) is 14.9. The second-order valence-electron chi connectivity index (χ2n) is 22.1.